The number of hydrogen-bond acceptors (Lipinski definition) is 2. The number of carbonyl (C=O) groups is 1. The van der Waals surface area contributed by atoms with Gasteiger partial charge in [-0.2, -0.15) is 0 Å². The first kappa shape index (κ1) is 12.1. The van der Waals surface area contributed by atoms with Crippen LogP contribution in [0, 0.1) is 5.92 Å². The molecule has 0 aromatic heterocycles. The van der Waals surface area contributed by atoms with E-state index in [0.29, 0.717) is 5.92 Å². The van der Waals surface area contributed by atoms with Crippen LogP contribution in [0.2, 0.25) is 0 Å². The number of hydrogen-bond donors (Lipinski definition) is 0. The first-order chi connectivity index (χ1) is 8.31. The highest BCUT2D eigenvalue weighted by Gasteiger charge is 2.24. The van der Waals surface area contributed by atoms with E-state index in [1.54, 1.807) is 7.11 Å². The molecule has 1 aromatic carbocycles. The summed E-state index contributed by atoms with van der Waals surface area (Å²) in [6, 6.07) is 9.84. The lowest BCUT2D eigenvalue weighted by Gasteiger charge is -2.32. The van der Waals surface area contributed by atoms with E-state index in [1.165, 1.54) is 19.3 Å². The van der Waals surface area contributed by atoms with Gasteiger partial charge in [0, 0.05) is 19.3 Å². The van der Waals surface area contributed by atoms with Crippen molar-refractivity contribution in [2.24, 2.45) is 5.92 Å². The van der Waals surface area contributed by atoms with E-state index >= 15 is 0 Å². The Bertz CT molecular complexity index is 360. The van der Waals surface area contributed by atoms with Gasteiger partial charge in [-0.25, -0.2) is 0 Å². The smallest absolute Gasteiger partial charge is 0.252 e. The Labute approximate surface area is 102 Å². The zero-order valence-electron chi connectivity index (χ0n) is 10.3. The third kappa shape index (κ3) is 3.07. The molecule has 0 atom stereocenters. The Balaban J connectivity index is 2.08. The highest BCUT2D eigenvalue weighted by atomic mass is 16.5. The van der Waals surface area contributed by atoms with E-state index < -0.39 is 0 Å². The minimum Gasteiger partial charge on any atom is -0.375 e. The lowest BCUT2D eigenvalue weighted by atomic mass is 9.85. The largest absolute Gasteiger partial charge is 0.375 e. The van der Waals surface area contributed by atoms with Gasteiger partial charge in [-0.3, -0.25) is 4.79 Å². The van der Waals surface area contributed by atoms with Gasteiger partial charge >= 0.3 is 0 Å². The quantitative estimate of drug-likeness (QED) is 0.782. The fourth-order valence-electron chi connectivity index (χ4n) is 2.09. The molecule has 0 saturated heterocycles. The number of anilines is 1. The highest BCUT2D eigenvalue weighted by Crippen LogP contribution is 2.29. The minimum absolute atomic E-state index is 0.0469. The van der Waals surface area contributed by atoms with Gasteiger partial charge in [-0.05, 0) is 30.9 Å². The molecule has 0 heterocycles. The normalized spacial score (nSPS) is 15.4. The number of ether oxygens (including phenoxy) is 1. The van der Waals surface area contributed by atoms with Gasteiger partial charge < -0.3 is 9.64 Å². The molecule has 0 bridgehead atoms. The third-order valence-corrected chi connectivity index (χ3v) is 3.30. The van der Waals surface area contributed by atoms with Gasteiger partial charge in [0.25, 0.3) is 5.91 Å². The summed E-state index contributed by atoms with van der Waals surface area (Å²) in [5, 5.41) is 0. The molecule has 92 valence electrons. The van der Waals surface area contributed by atoms with Crippen LogP contribution in [0.3, 0.4) is 0 Å². The molecule has 0 radical (unpaired) electrons. The van der Waals surface area contributed by atoms with Gasteiger partial charge in [0.05, 0.1) is 0 Å². The Morgan fingerprint density at radius 1 is 1.35 bits per heavy atom. The Morgan fingerprint density at radius 2 is 2.06 bits per heavy atom. The van der Waals surface area contributed by atoms with Crippen LogP contribution in [0.1, 0.15) is 19.3 Å². The van der Waals surface area contributed by atoms with E-state index in [1.807, 2.05) is 35.2 Å². The average molecular weight is 233 g/mol. The van der Waals surface area contributed by atoms with Crippen molar-refractivity contribution in [3.8, 4) is 0 Å². The van der Waals surface area contributed by atoms with E-state index in [9.17, 15) is 4.79 Å². The van der Waals surface area contributed by atoms with Crippen molar-refractivity contribution < 1.29 is 9.53 Å². The fraction of sp³-hybridized carbons (Fsp3) is 0.500. The van der Waals surface area contributed by atoms with Crippen LogP contribution < -0.4 is 4.90 Å². The number of benzene rings is 1. The topological polar surface area (TPSA) is 29.5 Å². The molecule has 1 amide bonds. The molecule has 3 heteroatoms. The molecule has 0 aliphatic heterocycles. The van der Waals surface area contributed by atoms with Crippen LogP contribution in [0.4, 0.5) is 5.69 Å². The summed E-state index contributed by atoms with van der Waals surface area (Å²) in [6.07, 6.45) is 3.78. The standard InChI is InChI=1S/C14H19NO2/c1-17-11-14(16)15(10-12-6-5-7-12)13-8-3-2-4-9-13/h2-4,8-9,12H,5-7,10-11H2,1H3. The van der Waals surface area contributed by atoms with Gasteiger partial charge in [0.2, 0.25) is 0 Å². The van der Waals surface area contributed by atoms with E-state index in [4.69, 9.17) is 4.74 Å². The lowest BCUT2D eigenvalue weighted by molar-refractivity contribution is -0.122. The SMILES string of the molecule is COCC(=O)N(CC1CCC1)c1ccccc1. The van der Waals surface area contributed by atoms with E-state index in [-0.39, 0.29) is 12.5 Å². The zero-order valence-corrected chi connectivity index (χ0v) is 10.3. The summed E-state index contributed by atoms with van der Waals surface area (Å²) in [7, 11) is 1.56. The molecule has 1 fully saturated rings. The van der Waals surface area contributed by atoms with Gasteiger partial charge in [0.15, 0.2) is 0 Å². The molecule has 1 aliphatic carbocycles. The molecule has 1 saturated carbocycles. The molecular weight excluding hydrogens is 214 g/mol. The predicted octanol–water partition coefficient (Wildman–Crippen LogP) is 2.47. The molecule has 0 unspecified atom stereocenters. The monoisotopic (exact) mass is 233 g/mol. The van der Waals surface area contributed by atoms with Crippen LogP contribution in [-0.4, -0.2) is 26.2 Å². The third-order valence-electron chi connectivity index (χ3n) is 3.30. The van der Waals surface area contributed by atoms with E-state index in [0.717, 1.165) is 12.2 Å². The van der Waals surface area contributed by atoms with E-state index in [2.05, 4.69) is 0 Å². The van der Waals surface area contributed by atoms with Crippen LogP contribution in [0.5, 0.6) is 0 Å². The Kier molecular flexibility index (Phi) is 4.15. The van der Waals surface area contributed by atoms with Gasteiger partial charge in [-0.1, -0.05) is 24.6 Å². The first-order valence-corrected chi connectivity index (χ1v) is 6.15. The number of nitrogens with zero attached hydrogens (tertiary/aromatic N) is 1. The zero-order chi connectivity index (χ0) is 12.1. The molecule has 17 heavy (non-hydrogen) atoms. The van der Waals surface area contributed by atoms with Crippen LogP contribution >= 0.6 is 0 Å². The molecule has 1 aliphatic rings. The maximum atomic E-state index is 12.0. The molecular formula is C14H19NO2. The van der Waals surface area contributed by atoms with Crippen molar-refractivity contribution in [3.05, 3.63) is 30.3 Å². The average Bonchev–Trinajstić information content (AvgIpc) is 2.29. The second kappa shape index (κ2) is 5.82. The Morgan fingerprint density at radius 3 is 2.59 bits per heavy atom. The maximum absolute atomic E-state index is 12.0. The fourth-order valence-corrected chi connectivity index (χ4v) is 2.09. The van der Waals surface area contributed by atoms with Crippen molar-refractivity contribution in [1.82, 2.24) is 0 Å². The molecule has 2 rings (SSSR count). The van der Waals surface area contributed by atoms with Gasteiger partial charge in [0.1, 0.15) is 6.61 Å². The molecule has 3 nitrogen and oxygen atoms in total. The number of para-hydroxylation sites is 1. The van der Waals surface area contributed by atoms with Gasteiger partial charge in [-0.15, -0.1) is 0 Å². The van der Waals surface area contributed by atoms with Crippen LogP contribution in [-0.2, 0) is 9.53 Å². The predicted molar refractivity (Wildman–Crippen MR) is 68.0 cm³/mol. The molecule has 1 aromatic rings. The summed E-state index contributed by atoms with van der Waals surface area (Å²) in [5.74, 6) is 0.710. The van der Waals surface area contributed by atoms with Crippen molar-refractivity contribution in [3.63, 3.8) is 0 Å². The summed E-state index contributed by atoms with van der Waals surface area (Å²) in [6.45, 7) is 0.980. The van der Waals surface area contributed by atoms with Crippen molar-refractivity contribution in [2.75, 3.05) is 25.2 Å². The first-order valence-electron chi connectivity index (χ1n) is 6.15. The lowest BCUT2D eigenvalue weighted by Crippen LogP contribution is -2.39. The Hall–Kier alpha value is -1.35. The molecule has 0 spiro atoms. The number of rotatable bonds is 5. The number of carbonyl (C=O) groups excluding carboxylic acids is 1. The van der Waals surface area contributed by atoms with Crippen LogP contribution in [0.25, 0.3) is 0 Å². The molecule has 0 N–H and O–H groups in total. The number of amides is 1. The van der Waals surface area contributed by atoms with Crippen molar-refractivity contribution in [2.45, 2.75) is 19.3 Å². The second-order valence-electron chi connectivity index (χ2n) is 4.57. The summed E-state index contributed by atoms with van der Waals surface area (Å²) < 4.78 is 4.95. The number of methoxy groups -OCH3 is 1. The maximum Gasteiger partial charge on any atom is 0.252 e. The summed E-state index contributed by atoms with van der Waals surface area (Å²) in [4.78, 5) is 13.9. The van der Waals surface area contributed by atoms with Crippen molar-refractivity contribution >= 4 is 11.6 Å². The second-order valence-corrected chi connectivity index (χ2v) is 4.57. The van der Waals surface area contributed by atoms with Crippen molar-refractivity contribution in [1.29, 1.82) is 0 Å². The summed E-state index contributed by atoms with van der Waals surface area (Å²) >= 11 is 0. The van der Waals surface area contributed by atoms with Crippen LogP contribution in [0.15, 0.2) is 30.3 Å². The summed E-state index contributed by atoms with van der Waals surface area (Å²) in [5.41, 5.74) is 0.974. The minimum atomic E-state index is 0.0469. The highest BCUT2D eigenvalue weighted by molar-refractivity contribution is 5.94.